The molecule has 3 heteroatoms. The molecule has 1 rings (SSSR count). The maximum atomic E-state index is 5.69. The van der Waals surface area contributed by atoms with Gasteiger partial charge in [-0.3, -0.25) is 0 Å². The molecule has 0 N–H and O–H groups in total. The van der Waals surface area contributed by atoms with Crippen molar-refractivity contribution in [2.24, 2.45) is 0 Å². The SMILES string of the molecule is CCC(C)(C)Oc1ccc(I)cn1. The molecule has 72 valence electrons. The van der Waals surface area contributed by atoms with Crippen LogP contribution in [0.3, 0.4) is 0 Å². The Morgan fingerprint density at radius 2 is 2.15 bits per heavy atom. The summed E-state index contributed by atoms with van der Waals surface area (Å²) in [5, 5.41) is 0. The fourth-order valence-corrected chi connectivity index (χ4v) is 1.10. The van der Waals surface area contributed by atoms with Gasteiger partial charge in [0.05, 0.1) is 0 Å². The predicted molar refractivity (Wildman–Crippen MR) is 62.0 cm³/mol. The first kappa shape index (κ1) is 10.8. The monoisotopic (exact) mass is 291 g/mol. The van der Waals surface area contributed by atoms with Crippen molar-refractivity contribution >= 4 is 22.6 Å². The van der Waals surface area contributed by atoms with E-state index in [4.69, 9.17) is 4.74 Å². The van der Waals surface area contributed by atoms with Crippen LogP contribution in [0.1, 0.15) is 27.2 Å². The van der Waals surface area contributed by atoms with Crippen LogP contribution in [0.4, 0.5) is 0 Å². The number of pyridine rings is 1. The van der Waals surface area contributed by atoms with Gasteiger partial charge < -0.3 is 4.74 Å². The molecule has 0 radical (unpaired) electrons. The molecule has 0 saturated carbocycles. The third kappa shape index (κ3) is 3.50. The number of hydrogen-bond acceptors (Lipinski definition) is 2. The topological polar surface area (TPSA) is 22.1 Å². The van der Waals surface area contributed by atoms with E-state index in [-0.39, 0.29) is 5.60 Å². The highest BCUT2D eigenvalue weighted by Crippen LogP contribution is 2.18. The van der Waals surface area contributed by atoms with Gasteiger partial charge in [0.15, 0.2) is 0 Å². The van der Waals surface area contributed by atoms with Crippen molar-refractivity contribution in [1.82, 2.24) is 4.98 Å². The first-order valence-corrected chi connectivity index (χ1v) is 5.42. The molecule has 0 aliphatic heterocycles. The summed E-state index contributed by atoms with van der Waals surface area (Å²) in [6, 6.07) is 3.90. The van der Waals surface area contributed by atoms with Crippen LogP contribution in [0.25, 0.3) is 0 Å². The second kappa shape index (κ2) is 4.26. The summed E-state index contributed by atoms with van der Waals surface area (Å²) in [6.07, 6.45) is 2.78. The Hall–Kier alpha value is -0.320. The van der Waals surface area contributed by atoms with E-state index in [9.17, 15) is 0 Å². The van der Waals surface area contributed by atoms with Crippen molar-refractivity contribution in [2.45, 2.75) is 32.8 Å². The smallest absolute Gasteiger partial charge is 0.213 e. The standard InChI is InChI=1S/C10H14INO/c1-4-10(2,3)13-9-6-5-8(11)7-12-9/h5-7H,4H2,1-3H3. The van der Waals surface area contributed by atoms with Crippen molar-refractivity contribution < 1.29 is 4.74 Å². The van der Waals surface area contributed by atoms with Crippen LogP contribution in [0.2, 0.25) is 0 Å². The van der Waals surface area contributed by atoms with Crippen LogP contribution in [0.15, 0.2) is 18.3 Å². The lowest BCUT2D eigenvalue weighted by atomic mass is 10.1. The molecule has 0 spiro atoms. The molecule has 13 heavy (non-hydrogen) atoms. The molecule has 1 aromatic heterocycles. The van der Waals surface area contributed by atoms with Gasteiger partial charge in [-0.2, -0.15) is 0 Å². The Bertz CT molecular complexity index is 269. The summed E-state index contributed by atoms with van der Waals surface area (Å²) < 4.78 is 6.82. The fourth-order valence-electron chi connectivity index (χ4n) is 0.778. The molecule has 1 heterocycles. The van der Waals surface area contributed by atoms with Crippen molar-refractivity contribution in [1.29, 1.82) is 0 Å². The summed E-state index contributed by atoms with van der Waals surface area (Å²) in [4.78, 5) is 4.18. The minimum Gasteiger partial charge on any atom is -0.472 e. The van der Waals surface area contributed by atoms with Gasteiger partial charge in [-0.25, -0.2) is 4.98 Å². The van der Waals surface area contributed by atoms with Crippen LogP contribution >= 0.6 is 22.6 Å². The minimum atomic E-state index is -0.125. The molecule has 2 nitrogen and oxygen atoms in total. The quantitative estimate of drug-likeness (QED) is 0.797. The lowest BCUT2D eigenvalue weighted by Crippen LogP contribution is -2.27. The largest absolute Gasteiger partial charge is 0.472 e. The Kier molecular flexibility index (Phi) is 3.53. The first-order valence-electron chi connectivity index (χ1n) is 4.34. The second-order valence-corrected chi connectivity index (χ2v) is 4.78. The molecular weight excluding hydrogens is 277 g/mol. The highest BCUT2D eigenvalue weighted by molar-refractivity contribution is 14.1. The van der Waals surface area contributed by atoms with Crippen LogP contribution < -0.4 is 4.74 Å². The van der Waals surface area contributed by atoms with E-state index in [0.29, 0.717) is 5.88 Å². The molecule has 0 aliphatic carbocycles. The normalized spacial score (nSPS) is 11.4. The Morgan fingerprint density at radius 1 is 1.46 bits per heavy atom. The summed E-state index contributed by atoms with van der Waals surface area (Å²) >= 11 is 2.22. The number of ether oxygens (including phenoxy) is 1. The lowest BCUT2D eigenvalue weighted by Gasteiger charge is -2.23. The third-order valence-corrected chi connectivity index (χ3v) is 2.57. The fraction of sp³-hybridized carbons (Fsp3) is 0.500. The molecule has 0 amide bonds. The van der Waals surface area contributed by atoms with E-state index in [1.165, 1.54) is 0 Å². The van der Waals surface area contributed by atoms with Crippen molar-refractivity contribution in [3.63, 3.8) is 0 Å². The maximum absolute atomic E-state index is 5.69. The molecule has 0 fully saturated rings. The average molecular weight is 291 g/mol. The number of hydrogen-bond donors (Lipinski definition) is 0. The van der Waals surface area contributed by atoms with Crippen LogP contribution in [0.5, 0.6) is 5.88 Å². The summed E-state index contributed by atoms with van der Waals surface area (Å²) in [5.41, 5.74) is -0.125. The lowest BCUT2D eigenvalue weighted by molar-refractivity contribution is 0.0990. The first-order chi connectivity index (χ1) is 6.03. The van der Waals surface area contributed by atoms with Gasteiger partial charge in [0.25, 0.3) is 0 Å². The van der Waals surface area contributed by atoms with Gasteiger partial charge in [0, 0.05) is 15.8 Å². The zero-order valence-electron chi connectivity index (χ0n) is 8.17. The highest BCUT2D eigenvalue weighted by atomic mass is 127. The van der Waals surface area contributed by atoms with Crippen LogP contribution in [-0.2, 0) is 0 Å². The Morgan fingerprint density at radius 3 is 2.62 bits per heavy atom. The summed E-state index contributed by atoms with van der Waals surface area (Å²) in [6.45, 7) is 6.23. The molecule has 0 saturated heterocycles. The molecule has 0 unspecified atom stereocenters. The van der Waals surface area contributed by atoms with Crippen LogP contribution in [-0.4, -0.2) is 10.6 Å². The molecule has 0 atom stereocenters. The zero-order valence-corrected chi connectivity index (χ0v) is 10.3. The Labute approximate surface area is 92.9 Å². The average Bonchev–Trinajstić information content (AvgIpc) is 2.09. The highest BCUT2D eigenvalue weighted by Gasteiger charge is 2.16. The van der Waals surface area contributed by atoms with E-state index in [1.54, 1.807) is 0 Å². The number of halogens is 1. The van der Waals surface area contributed by atoms with Crippen molar-refractivity contribution in [2.75, 3.05) is 0 Å². The van der Waals surface area contributed by atoms with Gasteiger partial charge in [0.2, 0.25) is 5.88 Å². The minimum absolute atomic E-state index is 0.125. The molecular formula is C10H14INO. The number of rotatable bonds is 3. The van der Waals surface area contributed by atoms with Gasteiger partial charge in [-0.05, 0) is 48.9 Å². The molecule has 0 bridgehead atoms. The van der Waals surface area contributed by atoms with E-state index in [0.717, 1.165) is 9.99 Å². The van der Waals surface area contributed by atoms with E-state index < -0.39 is 0 Å². The van der Waals surface area contributed by atoms with Crippen molar-refractivity contribution in [3.05, 3.63) is 21.9 Å². The molecule has 1 aromatic rings. The van der Waals surface area contributed by atoms with Gasteiger partial charge >= 0.3 is 0 Å². The van der Waals surface area contributed by atoms with Crippen molar-refractivity contribution in [3.8, 4) is 5.88 Å². The van der Waals surface area contributed by atoms with E-state index in [1.807, 2.05) is 18.3 Å². The second-order valence-electron chi connectivity index (χ2n) is 3.53. The Balaban J connectivity index is 2.69. The summed E-state index contributed by atoms with van der Waals surface area (Å²) in [5.74, 6) is 0.701. The third-order valence-electron chi connectivity index (χ3n) is 1.93. The van der Waals surface area contributed by atoms with E-state index >= 15 is 0 Å². The molecule has 0 aliphatic rings. The van der Waals surface area contributed by atoms with Crippen LogP contribution in [0, 0.1) is 3.57 Å². The molecule has 0 aromatic carbocycles. The zero-order chi connectivity index (χ0) is 9.90. The maximum Gasteiger partial charge on any atom is 0.213 e. The van der Waals surface area contributed by atoms with E-state index in [2.05, 4.69) is 48.3 Å². The number of aromatic nitrogens is 1. The summed E-state index contributed by atoms with van der Waals surface area (Å²) in [7, 11) is 0. The number of nitrogens with zero attached hydrogens (tertiary/aromatic N) is 1. The van der Waals surface area contributed by atoms with Gasteiger partial charge in [-0.1, -0.05) is 6.92 Å². The van der Waals surface area contributed by atoms with Gasteiger partial charge in [0.1, 0.15) is 5.60 Å². The predicted octanol–water partition coefficient (Wildman–Crippen LogP) is 3.25. The van der Waals surface area contributed by atoms with Gasteiger partial charge in [-0.15, -0.1) is 0 Å².